The summed E-state index contributed by atoms with van der Waals surface area (Å²) in [4.78, 5) is 5.05. The number of benzene rings is 8. The molecule has 334 valence electrons. The molecule has 0 saturated heterocycles. The lowest BCUT2D eigenvalue weighted by Crippen LogP contribution is -2.59. The fraction of sp³-hybridized carbons (Fsp3) is 0.238. The van der Waals surface area contributed by atoms with Crippen molar-refractivity contribution in [3.05, 3.63) is 205 Å². The zero-order valence-electron chi connectivity index (χ0n) is 42.6. The van der Waals surface area contributed by atoms with Gasteiger partial charge in [0.15, 0.2) is 0 Å². The number of nitrogens with zero attached hydrogens (tertiary/aromatic N) is 1. The van der Waals surface area contributed by atoms with Crippen LogP contribution in [0.5, 0.6) is 0 Å². The van der Waals surface area contributed by atoms with Crippen LogP contribution in [0.4, 0.5) is 17.1 Å². The molecule has 0 radical (unpaired) electrons. The van der Waals surface area contributed by atoms with Crippen LogP contribution in [-0.4, -0.2) is 13.4 Å². The first-order chi connectivity index (χ1) is 31.9. The largest absolute Gasteiger partial charge is 0.308 e. The first-order valence-electron chi connectivity index (χ1n) is 24.1. The third-order valence-corrected chi connectivity index (χ3v) is 15.6. The van der Waals surface area contributed by atoms with Gasteiger partial charge >= 0.3 is 0 Å². The molecule has 0 N–H and O–H groups in total. The van der Waals surface area contributed by atoms with Crippen LogP contribution in [0.3, 0.4) is 0 Å². The number of para-hydroxylation sites is 1. The molecule has 0 fully saturated rings. The summed E-state index contributed by atoms with van der Waals surface area (Å²) >= 11 is 1.89. The lowest BCUT2D eigenvalue weighted by molar-refractivity contribution is 1.13. The van der Waals surface area contributed by atoms with E-state index in [1.807, 2.05) is 11.8 Å². The first-order valence-corrected chi connectivity index (χ1v) is 24.9. The van der Waals surface area contributed by atoms with E-state index in [4.69, 9.17) is 0 Å². The normalized spacial score (nSPS) is 12.0. The molecule has 0 saturated carbocycles. The Bertz CT molecular complexity index is 2930. The second-order valence-corrected chi connectivity index (χ2v) is 21.4. The number of rotatable bonds is 8. The Kier molecular flexibility index (Phi) is 12.4. The Morgan fingerprint density at radius 1 is 0.313 bits per heavy atom. The van der Waals surface area contributed by atoms with Gasteiger partial charge in [0.25, 0.3) is 0 Å². The second kappa shape index (κ2) is 17.9. The Morgan fingerprint density at radius 3 is 1.04 bits per heavy atom. The van der Waals surface area contributed by atoms with Crippen molar-refractivity contribution in [3.8, 4) is 11.1 Å². The van der Waals surface area contributed by atoms with Crippen molar-refractivity contribution in [2.45, 2.75) is 114 Å². The van der Waals surface area contributed by atoms with Gasteiger partial charge in [0.1, 0.15) is 0 Å². The molecule has 0 bridgehead atoms. The molecular weight excluding hydrogens is 824 g/mol. The summed E-state index contributed by atoms with van der Waals surface area (Å²) in [6.07, 6.45) is 0. The summed E-state index contributed by atoms with van der Waals surface area (Å²) in [5, 5.41) is 0. The molecule has 1 aliphatic rings. The highest BCUT2D eigenvalue weighted by Crippen LogP contribution is 2.53. The number of fused-ring (bicyclic) bond motifs is 2. The van der Waals surface area contributed by atoms with Gasteiger partial charge in [-0.2, -0.15) is 0 Å². The van der Waals surface area contributed by atoms with E-state index in [2.05, 4.69) is 230 Å². The predicted molar refractivity (Wildman–Crippen MR) is 297 cm³/mol. The predicted octanol–water partition coefficient (Wildman–Crippen LogP) is 12.9. The zero-order valence-corrected chi connectivity index (χ0v) is 43.4. The van der Waals surface area contributed by atoms with E-state index in [9.17, 15) is 0 Å². The van der Waals surface area contributed by atoms with E-state index in [0.29, 0.717) is 0 Å². The van der Waals surface area contributed by atoms with Crippen molar-refractivity contribution in [2.75, 3.05) is 4.90 Å². The summed E-state index contributed by atoms with van der Waals surface area (Å²) in [5.74, 6) is 0. The monoisotopic (exact) mass is 890 g/mol. The third kappa shape index (κ3) is 8.52. The maximum absolute atomic E-state index is 2.60. The molecule has 0 unspecified atom stereocenters. The van der Waals surface area contributed by atoms with E-state index in [-0.39, 0.29) is 13.4 Å². The van der Waals surface area contributed by atoms with E-state index in [1.54, 1.807) is 0 Å². The number of hydrogen-bond donors (Lipinski definition) is 0. The lowest BCUT2D eigenvalue weighted by Gasteiger charge is -2.35. The topological polar surface area (TPSA) is 3.24 Å². The molecule has 8 aromatic carbocycles. The third-order valence-electron chi connectivity index (χ3n) is 14.5. The van der Waals surface area contributed by atoms with Gasteiger partial charge in [0.05, 0.1) is 17.1 Å². The van der Waals surface area contributed by atoms with Crippen LogP contribution in [-0.2, 0) is 0 Å². The molecule has 0 atom stereocenters. The van der Waals surface area contributed by atoms with E-state index in [1.165, 1.54) is 154 Å². The smallest absolute Gasteiger partial charge is 0.242 e. The van der Waals surface area contributed by atoms with Crippen molar-refractivity contribution >= 4 is 75.0 Å². The average Bonchev–Trinajstić information content (AvgIpc) is 3.23. The van der Waals surface area contributed by atoms with Gasteiger partial charge in [-0.15, -0.1) is 0 Å². The molecule has 4 heteroatoms. The fourth-order valence-electron chi connectivity index (χ4n) is 12.4. The quantitative estimate of drug-likeness (QED) is 0.140. The van der Waals surface area contributed by atoms with Crippen molar-refractivity contribution in [1.82, 2.24) is 0 Å². The van der Waals surface area contributed by atoms with Gasteiger partial charge in [0.2, 0.25) is 13.4 Å². The van der Waals surface area contributed by atoms with Gasteiger partial charge < -0.3 is 4.90 Å². The maximum Gasteiger partial charge on any atom is 0.242 e. The van der Waals surface area contributed by atoms with Crippen LogP contribution in [0.15, 0.2) is 131 Å². The van der Waals surface area contributed by atoms with Crippen LogP contribution in [0.25, 0.3) is 11.1 Å². The average molecular weight is 890 g/mol. The molecule has 67 heavy (non-hydrogen) atoms. The minimum absolute atomic E-state index is 0.0165. The highest BCUT2D eigenvalue weighted by molar-refractivity contribution is 7.99. The minimum atomic E-state index is 0.0165. The highest BCUT2D eigenvalue weighted by atomic mass is 32.2. The van der Waals surface area contributed by atoms with E-state index in [0.717, 1.165) is 0 Å². The van der Waals surface area contributed by atoms with Crippen molar-refractivity contribution < 1.29 is 0 Å². The fourth-order valence-corrected chi connectivity index (χ4v) is 13.5. The van der Waals surface area contributed by atoms with Crippen LogP contribution < -0.4 is 37.7 Å². The van der Waals surface area contributed by atoms with Crippen LogP contribution in [0.2, 0.25) is 0 Å². The van der Waals surface area contributed by atoms with Gasteiger partial charge in [-0.05, 0) is 150 Å². The van der Waals surface area contributed by atoms with Gasteiger partial charge in [0, 0.05) is 9.79 Å². The summed E-state index contributed by atoms with van der Waals surface area (Å²) in [5.41, 5.74) is 34.3. The standard InChI is InChI=1S/C63H65B2NS/c1-36-22-41(6)59(42(7)23-36)64(60-43(8)24-37(2)25-44(60)9)53-32-52(33-54(35-53)65(61-45(10)26-38(3)27-46(61)11)62-47(12)28-39(4)29-48(62)13)51-20-21-56-58(34-51)67-57-19-17-16-18-55(57)66(56)63-49(14)30-40(5)31-50(63)15/h16-35H,1-15H3. The molecule has 0 amide bonds. The lowest BCUT2D eigenvalue weighted by atomic mass is 9.31. The summed E-state index contributed by atoms with van der Waals surface area (Å²) in [7, 11) is 0. The highest BCUT2D eigenvalue weighted by Gasteiger charge is 2.34. The Labute approximate surface area is 407 Å². The zero-order chi connectivity index (χ0) is 47.7. The Morgan fingerprint density at radius 2 is 0.657 bits per heavy atom. The van der Waals surface area contributed by atoms with Crippen LogP contribution in [0, 0.1) is 104 Å². The molecule has 1 aliphatic heterocycles. The van der Waals surface area contributed by atoms with Gasteiger partial charge in [-0.3, -0.25) is 0 Å². The Balaban J connectivity index is 1.37. The minimum Gasteiger partial charge on any atom is -0.308 e. The molecule has 0 spiro atoms. The molecule has 1 nitrogen and oxygen atoms in total. The molecule has 0 aliphatic carbocycles. The van der Waals surface area contributed by atoms with Gasteiger partial charge in [-0.25, -0.2) is 0 Å². The summed E-state index contributed by atoms with van der Waals surface area (Å²) in [6, 6.07) is 47.6. The van der Waals surface area contributed by atoms with Crippen LogP contribution in [0.1, 0.15) is 83.5 Å². The number of hydrogen-bond acceptors (Lipinski definition) is 2. The Hall–Kier alpha value is -5.96. The summed E-state index contributed by atoms with van der Waals surface area (Å²) < 4.78 is 0. The maximum atomic E-state index is 2.60. The molecular formula is C63H65B2NS. The molecule has 9 rings (SSSR count). The van der Waals surface area contributed by atoms with Gasteiger partial charge in [-0.1, -0.05) is 214 Å². The van der Waals surface area contributed by atoms with Crippen molar-refractivity contribution in [2.24, 2.45) is 0 Å². The first kappa shape index (κ1) is 46.2. The molecule has 0 aromatic heterocycles. The molecule has 1 heterocycles. The number of anilines is 3. The van der Waals surface area contributed by atoms with E-state index >= 15 is 0 Å². The second-order valence-electron chi connectivity index (χ2n) is 20.3. The summed E-state index contributed by atoms with van der Waals surface area (Å²) in [6.45, 7) is 34.3. The van der Waals surface area contributed by atoms with Crippen molar-refractivity contribution in [1.29, 1.82) is 0 Å². The van der Waals surface area contributed by atoms with Crippen molar-refractivity contribution in [3.63, 3.8) is 0 Å². The molecule has 8 aromatic rings. The number of aryl methyl sites for hydroxylation is 15. The van der Waals surface area contributed by atoms with Crippen LogP contribution >= 0.6 is 11.8 Å². The van der Waals surface area contributed by atoms with E-state index < -0.39 is 0 Å². The SMILES string of the molecule is Cc1cc(C)c(B(c2cc(B(c3c(C)cc(C)cc3C)c3c(C)cc(C)cc3C)cc(-c3ccc4c(c3)Sc3ccccc3N4c3c(C)cc(C)cc3C)c2)c2c(C)cc(C)cc2C)c(C)c1.